The first-order valence-corrected chi connectivity index (χ1v) is 18.3. The second-order valence-electron chi connectivity index (χ2n) is 13.7. The van der Waals surface area contributed by atoms with Crippen LogP contribution in [-0.2, 0) is 0 Å². The van der Waals surface area contributed by atoms with E-state index in [2.05, 4.69) is 179 Å². The van der Waals surface area contributed by atoms with Gasteiger partial charge in [0.1, 0.15) is 0 Å². The molecule has 0 aliphatic carbocycles. The summed E-state index contributed by atoms with van der Waals surface area (Å²) in [6.45, 7) is 0. The highest BCUT2D eigenvalue weighted by molar-refractivity contribution is 7.26. The van der Waals surface area contributed by atoms with Gasteiger partial charge in [0.05, 0.1) is 33.3 Å². The number of nitrogens with zero attached hydrogens (tertiary/aromatic N) is 2. The molecule has 8 aromatic carbocycles. The summed E-state index contributed by atoms with van der Waals surface area (Å²) < 4.78 is 7.58. The van der Waals surface area contributed by atoms with Crippen LogP contribution in [0.3, 0.4) is 0 Å². The zero-order chi connectivity index (χ0) is 33.2. The molecule has 3 heteroatoms. The fraction of sp³-hybridized carbons (Fsp3) is 0. The molecule has 12 rings (SSSR count). The van der Waals surface area contributed by atoms with Crippen molar-refractivity contribution in [3.8, 4) is 27.9 Å². The summed E-state index contributed by atoms with van der Waals surface area (Å²) in [5.74, 6) is 0. The number of thiophene rings is 1. The van der Waals surface area contributed by atoms with Crippen LogP contribution in [0.25, 0.3) is 108 Å². The molecular weight excluding hydrogens is 637 g/mol. The first-order chi connectivity index (χ1) is 25.3. The third kappa shape index (κ3) is 3.65. The van der Waals surface area contributed by atoms with Crippen molar-refractivity contribution in [3.63, 3.8) is 0 Å². The first kappa shape index (κ1) is 27.4. The second-order valence-corrected chi connectivity index (χ2v) is 14.7. The Labute approximate surface area is 297 Å². The molecule has 4 aromatic heterocycles. The highest BCUT2D eigenvalue weighted by atomic mass is 32.1. The molecule has 2 nitrogen and oxygen atoms in total. The average molecular weight is 665 g/mol. The first-order valence-electron chi connectivity index (χ1n) is 17.5. The quantitative estimate of drug-likeness (QED) is 0.178. The predicted molar refractivity (Wildman–Crippen MR) is 219 cm³/mol. The average Bonchev–Trinajstić information content (AvgIpc) is 3.93. The number of hydrogen-bond donors (Lipinski definition) is 0. The molecule has 0 aliphatic heterocycles. The number of para-hydroxylation sites is 3. The Balaban J connectivity index is 1.12. The maximum absolute atomic E-state index is 2.49. The molecule has 51 heavy (non-hydrogen) atoms. The van der Waals surface area contributed by atoms with Crippen molar-refractivity contribution in [2.75, 3.05) is 0 Å². The van der Waals surface area contributed by atoms with Crippen LogP contribution in [0.15, 0.2) is 170 Å². The molecule has 0 atom stereocenters. The van der Waals surface area contributed by atoms with Crippen molar-refractivity contribution in [2.45, 2.75) is 0 Å². The minimum Gasteiger partial charge on any atom is -0.309 e. The van der Waals surface area contributed by atoms with Gasteiger partial charge in [-0.2, -0.15) is 0 Å². The third-order valence-corrected chi connectivity index (χ3v) is 12.2. The van der Waals surface area contributed by atoms with E-state index < -0.39 is 0 Å². The highest BCUT2D eigenvalue weighted by Crippen LogP contribution is 2.46. The molecule has 0 bridgehead atoms. The lowest BCUT2D eigenvalue weighted by atomic mass is 9.98. The fourth-order valence-electron chi connectivity index (χ4n) is 8.89. The molecule has 0 unspecified atom stereocenters. The van der Waals surface area contributed by atoms with E-state index in [1.807, 2.05) is 11.3 Å². The number of benzene rings is 8. The molecule has 0 saturated carbocycles. The van der Waals surface area contributed by atoms with Crippen LogP contribution in [0.4, 0.5) is 0 Å². The van der Waals surface area contributed by atoms with Crippen LogP contribution in [0.2, 0.25) is 0 Å². The van der Waals surface area contributed by atoms with Crippen LogP contribution in [0.1, 0.15) is 0 Å². The van der Waals surface area contributed by atoms with Crippen molar-refractivity contribution in [1.82, 2.24) is 8.97 Å². The molecule has 0 fully saturated rings. The Morgan fingerprint density at radius 1 is 0.373 bits per heavy atom. The van der Waals surface area contributed by atoms with Crippen LogP contribution in [0.5, 0.6) is 0 Å². The molecule has 236 valence electrons. The van der Waals surface area contributed by atoms with Crippen LogP contribution >= 0.6 is 11.3 Å². The maximum Gasteiger partial charge on any atom is 0.0620 e. The lowest BCUT2D eigenvalue weighted by molar-refractivity contribution is 1.20. The topological polar surface area (TPSA) is 9.34 Å². The van der Waals surface area contributed by atoms with E-state index in [9.17, 15) is 0 Å². The van der Waals surface area contributed by atoms with Gasteiger partial charge in [-0.05, 0) is 76.9 Å². The number of aromatic nitrogens is 2. The maximum atomic E-state index is 2.49. The standard InChI is InChI=1S/C48H28N2S/c1-2-12-29(13-3-1)32-17-10-18-36-46-44(22-11-23-45(46)51-48(32)36)49-40-19-7-4-14-33(40)37-26-30(24-25-43(37)49)31-27-38-34-15-5-8-20-41(34)50-42-21-9-6-16-35(42)39(28-31)47(38)50/h1-28H. The lowest BCUT2D eigenvalue weighted by Gasteiger charge is -2.11. The van der Waals surface area contributed by atoms with Gasteiger partial charge in [-0.3, -0.25) is 0 Å². The minimum atomic E-state index is 1.22. The summed E-state index contributed by atoms with van der Waals surface area (Å²) in [4.78, 5) is 0. The number of rotatable bonds is 3. The summed E-state index contributed by atoms with van der Waals surface area (Å²) in [6, 6.07) is 62.8. The van der Waals surface area contributed by atoms with Gasteiger partial charge in [-0.1, -0.05) is 115 Å². The summed E-state index contributed by atoms with van der Waals surface area (Å²) in [5, 5.41) is 10.4. The molecule has 4 heterocycles. The lowest BCUT2D eigenvalue weighted by Crippen LogP contribution is -1.94. The molecule has 0 aliphatic rings. The normalized spacial score (nSPS) is 12.3. The molecule has 0 saturated heterocycles. The zero-order valence-corrected chi connectivity index (χ0v) is 28.3. The van der Waals surface area contributed by atoms with Crippen molar-refractivity contribution in [1.29, 1.82) is 0 Å². The van der Waals surface area contributed by atoms with E-state index in [0.717, 1.165) is 0 Å². The van der Waals surface area contributed by atoms with Gasteiger partial charge in [-0.25, -0.2) is 0 Å². The van der Waals surface area contributed by atoms with Crippen LogP contribution in [0, 0.1) is 0 Å². The Bertz CT molecular complexity index is 3270. The van der Waals surface area contributed by atoms with Gasteiger partial charge < -0.3 is 8.97 Å². The molecule has 0 N–H and O–H groups in total. The van der Waals surface area contributed by atoms with Crippen LogP contribution < -0.4 is 0 Å². The summed E-state index contributed by atoms with van der Waals surface area (Å²) in [5.41, 5.74) is 12.5. The van der Waals surface area contributed by atoms with Crippen molar-refractivity contribution >= 4 is 91.4 Å². The molecule has 0 radical (unpaired) electrons. The van der Waals surface area contributed by atoms with E-state index in [-0.39, 0.29) is 0 Å². The van der Waals surface area contributed by atoms with Gasteiger partial charge in [-0.15, -0.1) is 11.3 Å². The zero-order valence-electron chi connectivity index (χ0n) is 27.5. The van der Waals surface area contributed by atoms with E-state index >= 15 is 0 Å². The van der Waals surface area contributed by atoms with Gasteiger partial charge in [0.15, 0.2) is 0 Å². The minimum absolute atomic E-state index is 1.22. The van der Waals surface area contributed by atoms with E-state index in [1.165, 1.54) is 108 Å². The summed E-state index contributed by atoms with van der Waals surface area (Å²) >= 11 is 1.90. The van der Waals surface area contributed by atoms with Crippen LogP contribution in [-0.4, -0.2) is 8.97 Å². The molecule has 12 aromatic rings. The summed E-state index contributed by atoms with van der Waals surface area (Å²) in [6.07, 6.45) is 0. The molecule has 0 spiro atoms. The SMILES string of the molecule is c1ccc(-c2cccc3c2sc2cccc(-n4c5ccccc5c5cc(-c6cc7c8ccccc8n8c9ccccc9c(c6)c78)ccc54)c23)cc1. The number of fused-ring (bicyclic) bond motifs is 12. The van der Waals surface area contributed by atoms with Gasteiger partial charge in [0.2, 0.25) is 0 Å². The van der Waals surface area contributed by atoms with Gasteiger partial charge >= 0.3 is 0 Å². The van der Waals surface area contributed by atoms with Crippen molar-refractivity contribution in [2.24, 2.45) is 0 Å². The largest absolute Gasteiger partial charge is 0.309 e. The van der Waals surface area contributed by atoms with Crippen molar-refractivity contribution < 1.29 is 0 Å². The van der Waals surface area contributed by atoms with Gasteiger partial charge in [0.25, 0.3) is 0 Å². The predicted octanol–water partition coefficient (Wildman–Crippen LogP) is 13.6. The smallest absolute Gasteiger partial charge is 0.0620 e. The monoisotopic (exact) mass is 664 g/mol. The Morgan fingerprint density at radius 3 is 1.71 bits per heavy atom. The Morgan fingerprint density at radius 2 is 0.961 bits per heavy atom. The van der Waals surface area contributed by atoms with Gasteiger partial charge in [0, 0.05) is 52.5 Å². The van der Waals surface area contributed by atoms with E-state index in [0.29, 0.717) is 0 Å². The third-order valence-electron chi connectivity index (χ3n) is 11.0. The second kappa shape index (κ2) is 10.1. The molecular formula is C48H28N2S. The fourth-order valence-corrected chi connectivity index (χ4v) is 10.1. The van der Waals surface area contributed by atoms with E-state index in [4.69, 9.17) is 0 Å². The highest BCUT2D eigenvalue weighted by Gasteiger charge is 2.21. The van der Waals surface area contributed by atoms with Crippen molar-refractivity contribution in [3.05, 3.63) is 170 Å². The Hall–Kier alpha value is -6.42. The molecule has 0 amide bonds. The van der Waals surface area contributed by atoms with E-state index in [1.54, 1.807) is 0 Å². The summed E-state index contributed by atoms with van der Waals surface area (Å²) in [7, 11) is 0. The number of hydrogen-bond acceptors (Lipinski definition) is 1. The Kier molecular flexibility index (Phi) is 5.41.